The van der Waals surface area contributed by atoms with Crippen molar-refractivity contribution < 1.29 is 24.3 Å². The molecule has 2 N–H and O–H groups in total. The predicted octanol–water partition coefficient (Wildman–Crippen LogP) is 5.34. The van der Waals surface area contributed by atoms with Crippen LogP contribution in [0.1, 0.15) is 25.0 Å². The van der Waals surface area contributed by atoms with E-state index in [1.165, 1.54) is 7.11 Å². The van der Waals surface area contributed by atoms with Gasteiger partial charge in [0, 0.05) is 16.5 Å². The molecule has 0 bridgehead atoms. The van der Waals surface area contributed by atoms with Gasteiger partial charge in [0.25, 0.3) is 0 Å². The summed E-state index contributed by atoms with van der Waals surface area (Å²) in [6, 6.07) is 27.5. The lowest BCUT2D eigenvalue weighted by Crippen LogP contribution is -2.44. The second-order valence-electron chi connectivity index (χ2n) is 9.27. The Kier molecular flexibility index (Phi) is 7.84. The number of esters is 1. The van der Waals surface area contributed by atoms with Gasteiger partial charge in [0.1, 0.15) is 12.4 Å². The summed E-state index contributed by atoms with van der Waals surface area (Å²) in [7, 11) is 1.28. The largest absolute Gasteiger partial charge is 0.489 e. The summed E-state index contributed by atoms with van der Waals surface area (Å²) in [5.41, 5.74) is 5.16. The van der Waals surface area contributed by atoms with Crippen LogP contribution in [-0.2, 0) is 27.4 Å². The van der Waals surface area contributed by atoms with Crippen molar-refractivity contribution in [3.05, 3.63) is 96.1 Å². The topological polar surface area (TPSA) is 97.8 Å². The molecular weight excluding hydrogens is 468 g/mol. The number of hydroxylamine groups is 1. The van der Waals surface area contributed by atoms with E-state index in [2.05, 4.69) is 6.07 Å². The van der Waals surface area contributed by atoms with Crippen LogP contribution in [0.4, 0.5) is 0 Å². The normalized spacial score (nSPS) is 13.4. The van der Waals surface area contributed by atoms with Crippen LogP contribution in [0.2, 0.25) is 0 Å². The number of fused-ring (bicyclic) bond motifs is 1. The van der Waals surface area contributed by atoms with E-state index in [1.807, 2.05) is 78.9 Å². The third-order valence-corrected chi connectivity index (χ3v) is 6.87. The number of aromatic nitrogens is 1. The Morgan fingerprint density at radius 1 is 1.00 bits per heavy atom. The molecule has 0 spiro atoms. The zero-order valence-electron chi connectivity index (χ0n) is 21.1. The number of carbonyl (C=O) groups excluding carboxylic acids is 2. The first-order valence-electron chi connectivity index (χ1n) is 12.0. The van der Waals surface area contributed by atoms with Crippen LogP contribution in [0.5, 0.6) is 5.75 Å². The standard InChI is InChI=1S/C30H30N2O5/c1-20(28(33)32-35)30(2,29(34)36-3)18-21-13-15-24(16-14-21)37-19-23-17-27(22-9-5-4-6-10-22)31-26-12-8-7-11-25(23)26/h4-17,20,35H,18-19H2,1-3H3,(H,32,33)/t20-,30-/m1/s1. The van der Waals surface area contributed by atoms with Gasteiger partial charge in [0.2, 0.25) is 5.91 Å². The lowest BCUT2D eigenvalue weighted by Gasteiger charge is -2.31. The number of carbonyl (C=O) groups is 2. The molecule has 0 saturated heterocycles. The van der Waals surface area contributed by atoms with Crippen molar-refractivity contribution >= 4 is 22.8 Å². The Hall–Kier alpha value is -4.23. The van der Waals surface area contributed by atoms with Gasteiger partial charge in [-0.15, -0.1) is 0 Å². The molecule has 0 saturated carbocycles. The monoisotopic (exact) mass is 498 g/mol. The maximum Gasteiger partial charge on any atom is 0.312 e. The number of nitrogens with zero attached hydrogens (tertiary/aromatic N) is 1. The van der Waals surface area contributed by atoms with E-state index in [1.54, 1.807) is 19.3 Å². The van der Waals surface area contributed by atoms with Crippen LogP contribution in [0.3, 0.4) is 0 Å². The SMILES string of the molecule is COC(=O)[C@](C)(Cc1ccc(OCc2cc(-c3ccccc3)nc3ccccc23)cc1)[C@H](C)C(=O)NO. The first kappa shape index (κ1) is 25.9. The van der Waals surface area contributed by atoms with Crippen molar-refractivity contribution in [3.63, 3.8) is 0 Å². The number of hydrogen-bond acceptors (Lipinski definition) is 6. The van der Waals surface area contributed by atoms with E-state index >= 15 is 0 Å². The van der Waals surface area contributed by atoms with E-state index in [9.17, 15) is 9.59 Å². The molecule has 7 heteroatoms. The van der Waals surface area contributed by atoms with Crippen LogP contribution in [0.25, 0.3) is 22.2 Å². The number of pyridine rings is 1. The number of rotatable bonds is 9. The maximum atomic E-state index is 12.5. The zero-order chi connectivity index (χ0) is 26.4. The molecule has 0 aliphatic rings. The average Bonchev–Trinajstić information content (AvgIpc) is 2.95. The summed E-state index contributed by atoms with van der Waals surface area (Å²) in [6.07, 6.45) is 0.254. The fourth-order valence-electron chi connectivity index (χ4n) is 4.43. The highest BCUT2D eigenvalue weighted by atomic mass is 16.5. The molecule has 0 radical (unpaired) electrons. The van der Waals surface area contributed by atoms with Gasteiger partial charge in [-0.25, -0.2) is 10.5 Å². The van der Waals surface area contributed by atoms with Gasteiger partial charge in [0.05, 0.1) is 29.7 Å². The number of benzene rings is 3. The molecule has 0 fully saturated rings. The minimum absolute atomic E-state index is 0.254. The Balaban J connectivity index is 1.53. The summed E-state index contributed by atoms with van der Waals surface area (Å²) in [5.74, 6) is -1.30. The molecule has 1 amide bonds. The van der Waals surface area contributed by atoms with Crippen molar-refractivity contribution in [2.24, 2.45) is 11.3 Å². The zero-order valence-corrected chi connectivity index (χ0v) is 21.1. The molecular formula is C30H30N2O5. The lowest BCUT2D eigenvalue weighted by molar-refractivity contribution is -0.159. The Morgan fingerprint density at radius 3 is 2.35 bits per heavy atom. The van der Waals surface area contributed by atoms with Gasteiger partial charge in [-0.1, -0.05) is 67.6 Å². The predicted molar refractivity (Wildman–Crippen MR) is 141 cm³/mol. The molecule has 0 unspecified atom stereocenters. The Bertz CT molecular complexity index is 1390. The van der Waals surface area contributed by atoms with Gasteiger partial charge in [-0.3, -0.25) is 14.8 Å². The second kappa shape index (κ2) is 11.2. The number of para-hydroxylation sites is 1. The highest BCUT2D eigenvalue weighted by Gasteiger charge is 2.43. The summed E-state index contributed by atoms with van der Waals surface area (Å²) in [4.78, 5) is 29.4. The Labute approximate surface area is 216 Å². The van der Waals surface area contributed by atoms with Gasteiger partial charge < -0.3 is 9.47 Å². The summed E-state index contributed by atoms with van der Waals surface area (Å²) < 4.78 is 11.1. The van der Waals surface area contributed by atoms with Crippen molar-refractivity contribution in [2.75, 3.05) is 7.11 Å². The van der Waals surface area contributed by atoms with Crippen LogP contribution in [0, 0.1) is 11.3 Å². The minimum atomic E-state index is -1.16. The molecule has 4 rings (SSSR count). The average molecular weight is 499 g/mol. The highest BCUT2D eigenvalue weighted by molar-refractivity contribution is 5.87. The smallest absolute Gasteiger partial charge is 0.312 e. The van der Waals surface area contributed by atoms with Gasteiger partial charge in [-0.2, -0.15) is 0 Å². The van der Waals surface area contributed by atoms with E-state index in [0.29, 0.717) is 12.4 Å². The minimum Gasteiger partial charge on any atom is -0.489 e. The maximum absolute atomic E-state index is 12.5. The van der Waals surface area contributed by atoms with Gasteiger partial charge in [-0.05, 0) is 43.2 Å². The molecule has 1 aromatic heterocycles. The Morgan fingerprint density at radius 2 is 1.68 bits per heavy atom. The molecule has 4 aromatic rings. The van der Waals surface area contributed by atoms with Crippen LogP contribution in [-0.4, -0.2) is 29.2 Å². The van der Waals surface area contributed by atoms with E-state index in [4.69, 9.17) is 19.7 Å². The van der Waals surface area contributed by atoms with Gasteiger partial charge in [0.15, 0.2) is 0 Å². The second-order valence-corrected chi connectivity index (χ2v) is 9.27. The lowest BCUT2D eigenvalue weighted by atomic mass is 9.73. The molecule has 190 valence electrons. The third-order valence-electron chi connectivity index (χ3n) is 6.87. The summed E-state index contributed by atoms with van der Waals surface area (Å²) in [5, 5.41) is 10.1. The first-order chi connectivity index (χ1) is 17.9. The fraction of sp³-hybridized carbons (Fsp3) is 0.233. The van der Waals surface area contributed by atoms with E-state index in [0.717, 1.165) is 33.3 Å². The summed E-state index contributed by atoms with van der Waals surface area (Å²) in [6.45, 7) is 3.60. The molecule has 37 heavy (non-hydrogen) atoms. The molecule has 0 aliphatic carbocycles. The van der Waals surface area contributed by atoms with Crippen molar-refractivity contribution in [2.45, 2.75) is 26.9 Å². The summed E-state index contributed by atoms with van der Waals surface area (Å²) >= 11 is 0. The third kappa shape index (κ3) is 5.62. The van der Waals surface area contributed by atoms with E-state index in [-0.39, 0.29) is 6.42 Å². The molecule has 7 nitrogen and oxygen atoms in total. The van der Waals surface area contributed by atoms with Crippen molar-refractivity contribution in [3.8, 4) is 17.0 Å². The number of methoxy groups -OCH3 is 1. The molecule has 1 heterocycles. The number of hydrogen-bond donors (Lipinski definition) is 2. The van der Waals surface area contributed by atoms with Crippen molar-refractivity contribution in [1.29, 1.82) is 0 Å². The number of amides is 1. The first-order valence-corrected chi connectivity index (χ1v) is 12.0. The molecule has 0 aliphatic heterocycles. The van der Waals surface area contributed by atoms with Crippen LogP contribution < -0.4 is 10.2 Å². The molecule has 3 aromatic carbocycles. The van der Waals surface area contributed by atoms with E-state index < -0.39 is 23.2 Å². The van der Waals surface area contributed by atoms with Crippen molar-refractivity contribution in [1.82, 2.24) is 10.5 Å². The molecule has 2 atom stereocenters. The van der Waals surface area contributed by atoms with Crippen LogP contribution >= 0.6 is 0 Å². The number of ether oxygens (including phenoxy) is 2. The number of nitrogens with one attached hydrogen (secondary N) is 1. The quantitative estimate of drug-likeness (QED) is 0.184. The van der Waals surface area contributed by atoms with Gasteiger partial charge >= 0.3 is 5.97 Å². The fourth-order valence-corrected chi connectivity index (χ4v) is 4.43. The van der Waals surface area contributed by atoms with Crippen LogP contribution in [0.15, 0.2) is 84.9 Å². The highest BCUT2D eigenvalue weighted by Crippen LogP contribution is 2.34.